The number of hydrogen-bond donors (Lipinski definition) is 0. The van der Waals surface area contributed by atoms with Gasteiger partial charge in [-0.25, -0.2) is 13.4 Å². The molecule has 2 aromatic rings. The zero-order valence-corrected chi connectivity index (χ0v) is 20.0. The number of benzene rings is 1. The fourth-order valence-electron chi connectivity index (χ4n) is 4.27. The number of rotatable bonds is 9. The first-order chi connectivity index (χ1) is 14.8. The van der Waals surface area contributed by atoms with Gasteiger partial charge >= 0.3 is 0 Å². The Balaban J connectivity index is 1.78. The van der Waals surface area contributed by atoms with Crippen LogP contribution in [0.1, 0.15) is 39.9 Å². The smallest absolute Gasteiger partial charge is 0.243 e. The Bertz CT molecular complexity index is 1010. The molecule has 0 saturated carbocycles. The van der Waals surface area contributed by atoms with E-state index >= 15 is 0 Å². The first-order valence-electron chi connectivity index (χ1n) is 11.3. The lowest BCUT2D eigenvalue weighted by Gasteiger charge is -2.34. The van der Waals surface area contributed by atoms with Crippen molar-refractivity contribution in [2.45, 2.75) is 52.0 Å². The minimum Gasteiger partial charge on any atom is -0.340 e. The molecule has 1 aromatic carbocycles. The molecule has 1 aliphatic heterocycles. The molecule has 0 unspecified atom stereocenters. The molecule has 8 nitrogen and oxygen atoms in total. The van der Waals surface area contributed by atoms with E-state index in [1.54, 1.807) is 12.1 Å². The lowest BCUT2D eigenvalue weighted by molar-refractivity contribution is -0.132. The number of sulfonamides is 1. The normalized spacial score (nSPS) is 15.8. The zero-order chi connectivity index (χ0) is 22.6. The van der Waals surface area contributed by atoms with E-state index in [1.807, 2.05) is 31.7 Å². The molecule has 0 radical (unpaired) electrons. The third-order valence-electron chi connectivity index (χ3n) is 6.19. The van der Waals surface area contributed by atoms with Crippen LogP contribution in [0.4, 0.5) is 0 Å². The molecular weight excluding hydrogens is 414 g/mol. The van der Waals surface area contributed by atoms with Crippen LogP contribution in [0.15, 0.2) is 23.1 Å². The third kappa shape index (κ3) is 4.94. The number of piperazine rings is 1. The van der Waals surface area contributed by atoms with Crippen molar-refractivity contribution in [3.63, 3.8) is 0 Å². The van der Waals surface area contributed by atoms with Crippen LogP contribution in [-0.2, 0) is 27.8 Å². The van der Waals surface area contributed by atoms with Gasteiger partial charge in [0.15, 0.2) is 0 Å². The van der Waals surface area contributed by atoms with Crippen molar-refractivity contribution in [2.24, 2.45) is 0 Å². The fraction of sp³-hybridized carbons (Fsp3) is 0.636. The lowest BCUT2D eigenvalue weighted by atomic mass is 10.2. The standard InChI is InChI=1S/C22H35N5O3S/c1-5-24-13-15-25(16-14-24)22(28)12-11-21-23-19-17-18(9-10-20(19)27(21)8-4)31(29,30)26(6-2)7-3/h9-10,17H,5-8,11-16H2,1-4H3. The van der Waals surface area contributed by atoms with Gasteiger partial charge in [0.1, 0.15) is 5.82 Å². The molecule has 1 fully saturated rings. The summed E-state index contributed by atoms with van der Waals surface area (Å²) in [7, 11) is -3.53. The van der Waals surface area contributed by atoms with E-state index in [2.05, 4.69) is 16.4 Å². The average molecular weight is 450 g/mol. The summed E-state index contributed by atoms with van der Waals surface area (Å²) in [5.41, 5.74) is 1.56. The van der Waals surface area contributed by atoms with Crippen LogP contribution < -0.4 is 0 Å². The Morgan fingerprint density at radius 3 is 2.29 bits per heavy atom. The molecular formula is C22H35N5O3S. The molecule has 1 amide bonds. The first-order valence-corrected chi connectivity index (χ1v) is 12.8. The number of hydrogen-bond acceptors (Lipinski definition) is 5. The van der Waals surface area contributed by atoms with Gasteiger partial charge in [-0.3, -0.25) is 4.79 Å². The molecule has 172 valence electrons. The summed E-state index contributed by atoms with van der Waals surface area (Å²) in [5.74, 6) is 0.991. The molecule has 2 heterocycles. The summed E-state index contributed by atoms with van der Waals surface area (Å²) in [4.78, 5) is 22.0. The number of fused-ring (bicyclic) bond motifs is 1. The van der Waals surface area contributed by atoms with Crippen molar-refractivity contribution in [3.05, 3.63) is 24.0 Å². The Labute approximate surface area is 185 Å². The van der Waals surface area contributed by atoms with Crippen molar-refractivity contribution in [2.75, 3.05) is 45.8 Å². The van der Waals surface area contributed by atoms with Gasteiger partial charge in [0.25, 0.3) is 0 Å². The minimum atomic E-state index is -3.53. The van der Waals surface area contributed by atoms with Crippen molar-refractivity contribution in [1.82, 2.24) is 23.7 Å². The Kier molecular flexibility index (Phi) is 7.72. The molecule has 0 aliphatic carbocycles. The van der Waals surface area contributed by atoms with Crippen LogP contribution in [0.5, 0.6) is 0 Å². The highest BCUT2D eigenvalue weighted by Crippen LogP contribution is 2.23. The summed E-state index contributed by atoms with van der Waals surface area (Å²) in [6.45, 7) is 13.9. The summed E-state index contributed by atoms with van der Waals surface area (Å²) < 4.78 is 29.3. The van der Waals surface area contributed by atoms with Crippen molar-refractivity contribution in [1.29, 1.82) is 0 Å². The van der Waals surface area contributed by atoms with Gasteiger partial charge in [-0.2, -0.15) is 4.31 Å². The van der Waals surface area contributed by atoms with Crippen molar-refractivity contribution < 1.29 is 13.2 Å². The van der Waals surface area contributed by atoms with Crippen LogP contribution in [0.3, 0.4) is 0 Å². The SMILES string of the molecule is CCN1CCN(C(=O)CCc2nc3cc(S(=O)(=O)N(CC)CC)ccc3n2CC)CC1. The van der Waals surface area contributed by atoms with Gasteiger partial charge in [0.2, 0.25) is 15.9 Å². The zero-order valence-electron chi connectivity index (χ0n) is 19.2. The minimum absolute atomic E-state index is 0.162. The molecule has 1 aliphatic rings. The first kappa shape index (κ1) is 23.7. The summed E-state index contributed by atoms with van der Waals surface area (Å²) in [6.07, 6.45) is 0.966. The number of likely N-dealkylation sites (N-methyl/N-ethyl adjacent to an activating group) is 1. The van der Waals surface area contributed by atoms with Crippen molar-refractivity contribution >= 4 is 27.0 Å². The maximum Gasteiger partial charge on any atom is 0.243 e. The highest BCUT2D eigenvalue weighted by atomic mass is 32.2. The van der Waals surface area contributed by atoms with Gasteiger partial charge < -0.3 is 14.4 Å². The highest BCUT2D eigenvalue weighted by Gasteiger charge is 2.24. The molecule has 1 saturated heterocycles. The molecule has 3 rings (SSSR count). The predicted octanol–water partition coefficient (Wildman–Crippen LogP) is 2.18. The summed E-state index contributed by atoms with van der Waals surface area (Å²) in [5, 5.41) is 0. The van der Waals surface area contributed by atoms with Gasteiger partial charge in [-0.05, 0) is 31.7 Å². The Hall–Kier alpha value is -1.97. The number of aromatic nitrogens is 2. The van der Waals surface area contributed by atoms with E-state index in [-0.39, 0.29) is 10.8 Å². The summed E-state index contributed by atoms with van der Waals surface area (Å²) >= 11 is 0. The number of carbonyl (C=O) groups excluding carboxylic acids is 1. The largest absolute Gasteiger partial charge is 0.340 e. The molecule has 0 atom stereocenters. The second kappa shape index (κ2) is 10.1. The monoisotopic (exact) mass is 449 g/mol. The number of carbonyl (C=O) groups is 1. The van der Waals surface area contributed by atoms with Crippen LogP contribution >= 0.6 is 0 Å². The number of aryl methyl sites for hydroxylation is 2. The van der Waals surface area contributed by atoms with E-state index in [0.717, 1.165) is 50.6 Å². The molecule has 0 spiro atoms. The second-order valence-electron chi connectivity index (χ2n) is 7.83. The maximum atomic E-state index is 12.9. The van der Waals surface area contributed by atoms with E-state index in [0.29, 0.717) is 31.4 Å². The van der Waals surface area contributed by atoms with E-state index in [1.165, 1.54) is 4.31 Å². The molecule has 31 heavy (non-hydrogen) atoms. The number of imidazole rings is 1. The van der Waals surface area contributed by atoms with Crippen LogP contribution in [0, 0.1) is 0 Å². The van der Waals surface area contributed by atoms with Crippen LogP contribution in [0.25, 0.3) is 11.0 Å². The summed E-state index contributed by atoms with van der Waals surface area (Å²) in [6, 6.07) is 5.15. The van der Waals surface area contributed by atoms with E-state index in [4.69, 9.17) is 4.98 Å². The number of nitrogens with zero attached hydrogens (tertiary/aromatic N) is 5. The van der Waals surface area contributed by atoms with Gasteiger partial charge in [-0.15, -0.1) is 0 Å². The highest BCUT2D eigenvalue weighted by molar-refractivity contribution is 7.89. The van der Waals surface area contributed by atoms with Crippen molar-refractivity contribution in [3.8, 4) is 0 Å². The van der Waals surface area contributed by atoms with E-state index < -0.39 is 10.0 Å². The van der Waals surface area contributed by atoms with Gasteiger partial charge in [0.05, 0.1) is 15.9 Å². The average Bonchev–Trinajstić information content (AvgIpc) is 3.14. The van der Waals surface area contributed by atoms with Crippen LogP contribution in [0.2, 0.25) is 0 Å². The molecule has 1 aromatic heterocycles. The number of amides is 1. The fourth-order valence-corrected chi connectivity index (χ4v) is 5.75. The third-order valence-corrected chi connectivity index (χ3v) is 8.24. The predicted molar refractivity (Wildman–Crippen MR) is 123 cm³/mol. The second-order valence-corrected chi connectivity index (χ2v) is 9.77. The lowest BCUT2D eigenvalue weighted by Crippen LogP contribution is -2.48. The Morgan fingerprint density at radius 2 is 1.71 bits per heavy atom. The Morgan fingerprint density at radius 1 is 1.03 bits per heavy atom. The van der Waals surface area contributed by atoms with E-state index in [9.17, 15) is 13.2 Å². The van der Waals surface area contributed by atoms with Crippen LogP contribution in [-0.4, -0.2) is 83.8 Å². The van der Waals surface area contributed by atoms with Gasteiger partial charge in [0, 0.05) is 58.7 Å². The quantitative estimate of drug-likeness (QED) is 0.586. The molecule has 0 bridgehead atoms. The van der Waals surface area contributed by atoms with Gasteiger partial charge in [-0.1, -0.05) is 20.8 Å². The molecule has 0 N–H and O–H groups in total. The topological polar surface area (TPSA) is 78.8 Å². The molecule has 9 heteroatoms. The maximum absolute atomic E-state index is 12.9.